The molecule has 0 aromatic heterocycles. The minimum atomic E-state index is -0.384. The van der Waals surface area contributed by atoms with E-state index >= 15 is 0 Å². The molecule has 0 amide bonds. The number of nitrogens with zero attached hydrogens (tertiary/aromatic N) is 1. The van der Waals surface area contributed by atoms with Crippen LogP contribution in [0.3, 0.4) is 0 Å². The molecule has 6 fully saturated rings. The molecule has 2 spiro atoms. The number of fused-ring (bicyclic) bond motifs is 4. The first-order valence-electron chi connectivity index (χ1n) is 17.0. The van der Waals surface area contributed by atoms with E-state index in [4.69, 9.17) is 18.9 Å². The van der Waals surface area contributed by atoms with E-state index in [1.807, 2.05) is 0 Å². The van der Waals surface area contributed by atoms with Crippen molar-refractivity contribution in [3.05, 3.63) is 17.7 Å². The van der Waals surface area contributed by atoms with Crippen molar-refractivity contribution in [1.29, 1.82) is 0 Å². The lowest BCUT2D eigenvalue weighted by atomic mass is 9.41. The zero-order valence-corrected chi connectivity index (χ0v) is 28.1. The molecule has 1 aliphatic heterocycles. The summed E-state index contributed by atoms with van der Waals surface area (Å²) < 4.78 is 23.4. The highest BCUT2D eigenvalue weighted by molar-refractivity contribution is 5.91. The zero-order valence-electron chi connectivity index (χ0n) is 28.1. The largest absolute Gasteiger partial charge is 0.502 e. The Kier molecular flexibility index (Phi) is 6.95. The van der Waals surface area contributed by atoms with Gasteiger partial charge in [0.05, 0.1) is 33.1 Å². The van der Waals surface area contributed by atoms with Gasteiger partial charge in [-0.3, -0.25) is 5.32 Å². The van der Waals surface area contributed by atoms with Crippen molar-refractivity contribution in [2.45, 2.75) is 97.2 Å². The van der Waals surface area contributed by atoms with E-state index in [9.17, 15) is 9.90 Å². The van der Waals surface area contributed by atoms with Crippen LogP contribution in [0.4, 0.5) is 0 Å². The van der Waals surface area contributed by atoms with Gasteiger partial charge in [-0.25, -0.2) is 4.79 Å². The Hall–Kier alpha value is -2.03. The van der Waals surface area contributed by atoms with E-state index in [1.54, 1.807) is 12.1 Å². The molecule has 1 saturated heterocycles. The molecule has 7 rings (SSSR count). The van der Waals surface area contributed by atoms with Gasteiger partial charge < -0.3 is 29.0 Å². The maximum Gasteiger partial charge on any atom is 0.338 e. The smallest absolute Gasteiger partial charge is 0.338 e. The van der Waals surface area contributed by atoms with Crippen molar-refractivity contribution in [1.82, 2.24) is 10.2 Å². The number of benzene rings is 1. The first kappa shape index (κ1) is 30.6. The molecule has 11 unspecified atom stereocenters. The molecule has 11 atom stereocenters. The molecule has 1 aromatic carbocycles. The van der Waals surface area contributed by atoms with E-state index < -0.39 is 0 Å². The summed E-state index contributed by atoms with van der Waals surface area (Å²) in [6.45, 7) is 11.5. The van der Waals surface area contributed by atoms with E-state index in [2.05, 4.69) is 52.0 Å². The van der Waals surface area contributed by atoms with Crippen molar-refractivity contribution in [3.8, 4) is 17.2 Å². The number of carbonyl (C=O) groups excluding carboxylic acids is 1. The number of hydrogen-bond donors (Lipinski definition) is 2. The van der Waals surface area contributed by atoms with Crippen LogP contribution in [0.15, 0.2) is 12.1 Å². The Morgan fingerprint density at radius 2 is 1.66 bits per heavy atom. The summed E-state index contributed by atoms with van der Waals surface area (Å²) in [6, 6.07) is 3.94. The highest BCUT2D eigenvalue weighted by atomic mass is 16.5. The number of esters is 1. The van der Waals surface area contributed by atoms with Crippen LogP contribution in [-0.2, 0) is 9.47 Å². The molecule has 0 bridgehead atoms. The third kappa shape index (κ3) is 3.77. The van der Waals surface area contributed by atoms with Crippen molar-refractivity contribution >= 4 is 5.97 Å². The summed E-state index contributed by atoms with van der Waals surface area (Å²) in [5.74, 6) is 1.47. The molecule has 44 heavy (non-hydrogen) atoms. The van der Waals surface area contributed by atoms with Crippen LogP contribution >= 0.6 is 0 Å². The highest BCUT2D eigenvalue weighted by Crippen LogP contribution is 2.89. The van der Waals surface area contributed by atoms with Crippen LogP contribution in [0.2, 0.25) is 0 Å². The molecule has 1 aromatic rings. The molecule has 6 aliphatic rings. The van der Waals surface area contributed by atoms with Gasteiger partial charge in [0, 0.05) is 23.4 Å². The Balaban J connectivity index is 1.22. The molecule has 0 radical (unpaired) electrons. The summed E-state index contributed by atoms with van der Waals surface area (Å²) in [5.41, 5.74) is 1.51. The monoisotopic (exact) mass is 610 g/mol. The SMILES string of the molecule is COc1cc(C(=O)OC2CC3(C)C4CCC5C6(C)COCNC6CCC56CC46CCC3(C)C2C(C)N(C)C)cc(OC)c1O. The van der Waals surface area contributed by atoms with Crippen LogP contribution in [0.5, 0.6) is 17.2 Å². The Labute approximate surface area is 263 Å². The van der Waals surface area contributed by atoms with Gasteiger partial charge in [0.2, 0.25) is 5.75 Å². The van der Waals surface area contributed by atoms with Crippen molar-refractivity contribution in [2.75, 3.05) is 41.7 Å². The second kappa shape index (κ2) is 9.98. The van der Waals surface area contributed by atoms with Crippen LogP contribution in [0, 0.1) is 44.8 Å². The fourth-order valence-corrected chi connectivity index (χ4v) is 12.7. The zero-order chi connectivity index (χ0) is 31.4. The number of aromatic hydroxyl groups is 1. The standard InChI is InChI=1S/C36H54N2O6/c1-21(38(5)6)29-25(44-31(40)22-15-23(41-7)30(39)24(16-22)42-8)17-34(4)27-10-9-26-32(2)19-43-20-37-28(32)11-12-35(26)18-36(27,35)14-13-33(29,34)3/h15-16,21,25-29,37,39H,9-14,17-20H2,1-8H3. The third-order valence-electron chi connectivity index (χ3n) is 15.1. The van der Waals surface area contributed by atoms with Gasteiger partial charge in [0.1, 0.15) is 6.10 Å². The van der Waals surface area contributed by atoms with E-state index in [-0.39, 0.29) is 57.5 Å². The summed E-state index contributed by atoms with van der Waals surface area (Å²) in [4.78, 5) is 16.2. The minimum absolute atomic E-state index is 0.0507. The van der Waals surface area contributed by atoms with Crippen LogP contribution in [-0.4, -0.2) is 75.8 Å². The molecule has 2 N–H and O–H groups in total. The van der Waals surface area contributed by atoms with Crippen LogP contribution < -0.4 is 14.8 Å². The Morgan fingerprint density at radius 1 is 1.00 bits per heavy atom. The Bertz CT molecular complexity index is 1310. The summed E-state index contributed by atoms with van der Waals surface area (Å²) >= 11 is 0. The van der Waals surface area contributed by atoms with Gasteiger partial charge in [0.25, 0.3) is 0 Å². The lowest BCUT2D eigenvalue weighted by Crippen LogP contribution is -2.63. The second-order valence-corrected chi connectivity index (χ2v) is 16.4. The van der Waals surface area contributed by atoms with E-state index in [0.29, 0.717) is 35.1 Å². The number of carbonyl (C=O) groups is 1. The van der Waals surface area contributed by atoms with Crippen molar-refractivity contribution in [2.24, 2.45) is 44.8 Å². The molecule has 8 heteroatoms. The molecule has 244 valence electrons. The van der Waals surface area contributed by atoms with E-state index in [1.165, 1.54) is 59.2 Å². The number of phenolic OH excluding ortho intramolecular Hbond substituents is 1. The average Bonchev–Trinajstić information content (AvgIpc) is 3.60. The lowest BCUT2D eigenvalue weighted by molar-refractivity contribution is -0.172. The molecular formula is C36H54N2O6. The lowest BCUT2D eigenvalue weighted by Gasteiger charge is -2.64. The molecular weight excluding hydrogens is 556 g/mol. The van der Waals surface area contributed by atoms with Gasteiger partial charge >= 0.3 is 5.97 Å². The van der Waals surface area contributed by atoms with Gasteiger partial charge in [-0.1, -0.05) is 20.8 Å². The van der Waals surface area contributed by atoms with Crippen LogP contribution in [0.1, 0.15) is 89.4 Å². The maximum absolute atomic E-state index is 13.9. The predicted molar refractivity (Wildman–Crippen MR) is 168 cm³/mol. The van der Waals surface area contributed by atoms with Gasteiger partial charge in [-0.2, -0.15) is 0 Å². The summed E-state index contributed by atoms with van der Waals surface area (Å²) in [7, 11) is 7.26. The fraction of sp³-hybridized carbons (Fsp3) is 0.806. The number of ether oxygens (including phenoxy) is 4. The third-order valence-corrected chi connectivity index (χ3v) is 15.1. The normalized spacial score (nSPS) is 46.1. The number of phenols is 1. The highest BCUT2D eigenvalue weighted by Gasteiger charge is 2.83. The quantitative estimate of drug-likeness (QED) is 0.388. The molecule has 5 saturated carbocycles. The maximum atomic E-state index is 13.9. The first-order valence-corrected chi connectivity index (χ1v) is 17.0. The van der Waals surface area contributed by atoms with Crippen molar-refractivity contribution < 1.29 is 28.8 Å². The molecule has 1 heterocycles. The minimum Gasteiger partial charge on any atom is -0.502 e. The first-order chi connectivity index (χ1) is 20.8. The Morgan fingerprint density at radius 3 is 2.32 bits per heavy atom. The second-order valence-electron chi connectivity index (χ2n) is 16.4. The molecule has 5 aliphatic carbocycles. The van der Waals surface area contributed by atoms with Gasteiger partial charge in [-0.15, -0.1) is 0 Å². The number of methoxy groups -OCH3 is 2. The van der Waals surface area contributed by atoms with Crippen molar-refractivity contribution in [3.63, 3.8) is 0 Å². The summed E-state index contributed by atoms with van der Waals surface area (Å²) in [5, 5.41) is 14.2. The predicted octanol–water partition coefficient (Wildman–Crippen LogP) is 5.86. The van der Waals surface area contributed by atoms with Crippen LogP contribution in [0.25, 0.3) is 0 Å². The fourth-order valence-electron chi connectivity index (χ4n) is 12.7. The molecule has 8 nitrogen and oxygen atoms in total. The number of hydrogen-bond acceptors (Lipinski definition) is 8. The topological polar surface area (TPSA) is 89.5 Å². The van der Waals surface area contributed by atoms with Gasteiger partial charge in [0.15, 0.2) is 11.5 Å². The number of rotatable bonds is 6. The van der Waals surface area contributed by atoms with E-state index in [0.717, 1.165) is 18.9 Å². The number of nitrogens with one attached hydrogen (secondary N) is 1. The summed E-state index contributed by atoms with van der Waals surface area (Å²) in [6.07, 6.45) is 9.68. The van der Waals surface area contributed by atoms with Gasteiger partial charge in [-0.05, 0) is 118 Å². The average molecular weight is 611 g/mol.